The van der Waals surface area contributed by atoms with Gasteiger partial charge in [-0.1, -0.05) is 5.21 Å². The minimum atomic E-state index is -0.468. The second kappa shape index (κ2) is 7.75. The van der Waals surface area contributed by atoms with E-state index in [0.717, 1.165) is 37.3 Å². The lowest BCUT2D eigenvalue weighted by Gasteiger charge is -2.23. The first-order chi connectivity index (χ1) is 13.9. The van der Waals surface area contributed by atoms with Crippen LogP contribution >= 0.6 is 0 Å². The second-order valence-electron chi connectivity index (χ2n) is 7.41. The molecule has 2 N–H and O–H groups in total. The maximum atomic E-state index is 14.7. The Hall–Kier alpha value is -3.07. The normalized spacial score (nSPS) is 14.9. The van der Waals surface area contributed by atoms with Crippen LogP contribution in [0.4, 0.5) is 10.1 Å². The number of hydrogen-bond donors (Lipinski definition) is 2. The van der Waals surface area contributed by atoms with E-state index in [1.165, 1.54) is 6.07 Å². The molecule has 152 valence electrons. The lowest BCUT2D eigenvalue weighted by atomic mass is 10.1. The molecule has 2 aromatic heterocycles. The summed E-state index contributed by atoms with van der Waals surface area (Å²) in [7, 11) is 0. The largest absolute Gasteiger partial charge is 0.320 e. The SMILES string of the molecule is Cc1cc(C)n(-c2ccc(NC(=O)c3nnn(C4CCNCC4)c3C)cc2F)n1. The summed E-state index contributed by atoms with van der Waals surface area (Å²) < 4.78 is 18.0. The molecule has 9 heteroatoms. The number of halogens is 1. The van der Waals surface area contributed by atoms with Gasteiger partial charge in [-0.05, 0) is 71.0 Å². The van der Waals surface area contributed by atoms with Crippen molar-refractivity contribution in [2.24, 2.45) is 0 Å². The highest BCUT2D eigenvalue weighted by Crippen LogP contribution is 2.22. The summed E-state index contributed by atoms with van der Waals surface area (Å²) in [5.41, 5.74) is 3.31. The Labute approximate surface area is 168 Å². The van der Waals surface area contributed by atoms with Crippen molar-refractivity contribution in [1.82, 2.24) is 30.1 Å². The summed E-state index contributed by atoms with van der Waals surface area (Å²) in [4.78, 5) is 12.7. The molecule has 1 aromatic carbocycles. The van der Waals surface area contributed by atoms with Crippen molar-refractivity contribution in [3.05, 3.63) is 52.9 Å². The summed E-state index contributed by atoms with van der Waals surface area (Å²) in [6.07, 6.45) is 1.90. The molecule has 0 spiro atoms. The van der Waals surface area contributed by atoms with Crippen molar-refractivity contribution in [3.8, 4) is 5.69 Å². The lowest BCUT2D eigenvalue weighted by Crippen LogP contribution is -2.30. The van der Waals surface area contributed by atoms with Crippen molar-refractivity contribution in [2.75, 3.05) is 18.4 Å². The predicted molar refractivity (Wildman–Crippen MR) is 107 cm³/mol. The number of carbonyl (C=O) groups is 1. The van der Waals surface area contributed by atoms with E-state index in [1.54, 1.807) is 16.8 Å². The van der Waals surface area contributed by atoms with Crippen LogP contribution in [0.2, 0.25) is 0 Å². The zero-order chi connectivity index (χ0) is 20.5. The molecule has 8 nitrogen and oxygen atoms in total. The Balaban J connectivity index is 1.52. The second-order valence-corrected chi connectivity index (χ2v) is 7.41. The lowest BCUT2D eigenvalue weighted by molar-refractivity contribution is 0.102. The molecule has 3 heterocycles. The molecule has 0 atom stereocenters. The molecule has 0 radical (unpaired) electrons. The molecule has 0 saturated carbocycles. The Morgan fingerprint density at radius 1 is 1.21 bits per heavy atom. The van der Waals surface area contributed by atoms with E-state index in [-0.39, 0.29) is 11.7 Å². The fraction of sp³-hybridized carbons (Fsp3) is 0.400. The molecule has 1 aliphatic rings. The molecule has 0 bridgehead atoms. The highest BCUT2D eigenvalue weighted by Gasteiger charge is 2.23. The van der Waals surface area contributed by atoms with Crippen molar-refractivity contribution < 1.29 is 9.18 Å². The number of nitrogens with zero attached hydrogens (tertiary/aromatic N) is 5. The monoisotopic (exact) mass is 397 g/mol. The summed E-state index contributed by atoms with van der Waals surface area (Å²) in [5.74, 6) is -0.870. The van der Waals surface area contributed by atoms with Crippen LogP contribution in [-0.2, 0) is 0 Å². The number of anilines is 1. The van der Waals surface area contributed by atoms with Crippen LogP contribution in [0.15, 0.2) is 24.3 Å². The van der Waals surface area contributed by atoms with Crippen LogP contribution in [0.3, 0.4) is 0 Å². The topological polar surface area (TPSA) is 89.7 Å². The molecular formula is C20H24FN7O. The third kappa shape index (κ3) is 3.77. The molecule has 1 fully saturated rings. The van der Waals surface area contributed by atoms with Gasteiger partial charge in [-0.15, -0.1) is 5.10 Å². The third-order valence-corrected chi connectivity index (χ3v) is 5.24. The zero-order valence-electron chi connectivity index (χ0n) is 16.7. The third-order valence-electron chi connectivity index (χ3n) is 5.24. The number of amides is 1. The first kappa shape index (κ1) is 19.3. The van der Waals surface area contributed by atoms with Gasteiger partial charge in [0.05, 0.1) is 17.4 Å². The average molecular weight is 397 g/mol. The Morgan fingerprint density at radius 2 is 1.97 bits per heavy atom. The van der Waals surface area contributed by atoms with Crippen LogP contribution in [0.5, 0.6) is 0 Å². The van der Waals surface area contributed by atoms with Gasteiger partial charge in [0.2, 0.25) is 0 Å². The van der Waals surface area contributed by atoms with E-state index in [0.29, 0.717) is 17.1 Å². The van der Waals surface area contributed by atoms with Crippen molar-refractivity contribution in [1.29, 1.82) is 0 Å². The van der Waals surface area contributed by atoms with Crippen LogP contribution in [-0.4, -0.2) is 43.8 Å². The van der Waals surface area contributed by atoms with Crippen LogP contribution in [0.1, 0.15) is 46.5 Å². The summed E-state index contributed by atoms with van der Waals surface area (Å²) in [6, 6.07) is 6.66. The molecule has 0 unspecified atom stereocenters. The fourth-order valence-corrected chi connectivity index (χ4v) is 3.77. The molecule has 1 amide bonds. The smallest absolute Gasteiger partial charge is 0.278 e. The predicted octanol–water partition coefficient (Wildman–Crippen LogP) is 2.70. The molecule has 1 saturated heterocycles. The van der Waals surface area contributed by atoms with Crippen molar-refractivity contribution in [2.45, 2.75) is 39.7 Å². The van der Waals surface area contributed by atoms with Crippen LogP contribution < -0.4 is 10.6 Å². The Kier molecular flexibility index (Phi) is 5.14. The molecular weight excluding hydrogens is 373 g/mol. The van der Waals surface area contributed by atoms with Gasteiger partial charge in [0, 0.05) is 11.4 Å². The Bertz CT molecular complexity index is 1050. The number of aromatic nitrogens is 5. The fourth-order valence-electron chi connectivity index (χ4n) is 3.77. The van der Waals surface area contributed by atoms with Gasteiger partial charge in [-0.3, -0.25) is 4.79 Å². The quantitative estimate of drug-likeness (QED) is 0.707. The number of carbonyl (C=O) groups excluding carboxylic acids is 1. The highest BCUT2D eigenvalue weighted by molar-refractivity contribution is 6.03. The van der Waals surface area contributed by atoms with Gasteiger partial charge in [0.15, 0.2) is 11.5 Å². The standard InChI is InChI=1S/C20H24FN7O/c1-12-10-13(2)27(25-12)18-5-4-15(11-17(18)21)23-20(29)19-14(3)28(26-24-19)16-6-8-22-9-7-16/h4-5,10-11,16,22H,6-9H2,1-3H3,(H,23,29). The van der Waals surface area contributed by atoms with Crippen LogP contribution in [0, 0.1) is 26.6 Å². The van der Waals surface area contributed by atoms with Gasteiger partial charge in [-0.25, -0.2) is 13.8 Å². The summed E-state index contributed by atoms with van der Waals surface area (Å²) >= 11 is 0. The van der Waals surface area contributed by atoms with E-state index < -0.39 is 11.7 Å². The average Bonchev–Trinajstić information content (AvgIpc) is 3.24. The van der Waals surface area contributed by atoms with Crippen LogP contribution in [0.25, 0.3) is 5.69 Å². The molecule has 4 rings (SSSR count). The molecule has 0 aliphatic carbocycles. The maximum absolute atomic E-state index is 14.7. The van der Waals surface area contributed by atoms with Gasteiger partial charge >= 0.3 is 0 Å². The summed E-state index contributed by atoms with van der Waals surface area (Å²) in [6.45, 7) is 7.40. The van der Waals surface area contributed by atoms with Gasteiger partial charge in [-0.2, -0.15) is 5.10 Å². The minimum Gasteiger partial charge on any atom is -0.320 e. The van der Waals surface area contributed by atoms with Crippen molar-refractivity contribution in [3.63, 3.8) is 0 Å². The molecule has 1 aliphatic heterocycles. The van der Waals surface area contributed by atoms with E-state index in [9.17, 15) is 9.18 Å². The summed E-state index contributed by atoms with van der Waals surface area (Å²) in [5, 5.41) is 18.6. The van der Waals surface area contributed by atoms with Crippen molar-refractivity contribution >= 4 is 11.6 Å². The molecule has 3 aromatic rings. The van der Waals surface area contributed by atoms with Gasteiger partial charge < -0.3 is 10.6 Å². The van der Waals surface area contributed by atoms with Gasteiger partial charge in [0.1, 0.15) is 5.69 Å². The van der Waals surface area contributed by atoms with E-state index in [1.807, 2.05) is 31.5 Å². The first-order valence-electron chi connectivity index (χ1n) is 9.71. The maximum Gasteiger partial charge on any atom is 0.278 e. The highest BCUT2D eigenvalue weighted by atomic mass is 19.1. The number of aryl methyl sites for hydroxylation is 2. The van der Waals surface area contributed by atoms with E-state index in [4.69, 9.17) is 0 Å². The van der Waals surface area contributed by atoms with E-state index in [2.05, 4.69) is 26.0 Å². The number of piperidine rings is 1. The first-order valence-corrected chi connectivity index (χ1v) is 9.71. The number of nitrogens with one attached hydrogen (secondary N) is 2. The number of rotatable bonds is 4. The minimum absolute atomic E-state index is 0.239. The Morgan fingerprint density at radius 3 is 2.62 bits per heavy atom. The number of benzene rings is 1. The zero-order valence-corrected chi connectivity index (χ0v) is 16.7. The molecule has 29 heavy (non-hydrogen) atoms. The van der Waals surface area contributed by atoms with E-state index >= 15 is 0 Å². The van der Waals surface area contributed by atoms with Gasteiger partial charge in [0.25, 0.3) is 5.91 Å². The number of hydrogen-bond acceptors (Lipinski definition) is 5.